The van der Waals surface area contributed by atoms with Crippen molar-refractivity contribution in [3.8, 4) is 0 Å². The Hall–Kier alpha value is 1.07. The minimum absolute atomic E-state index is 0. The van der Waals surface area contributed by atoms with Gasteiger partial charge in [-0.1, -0.05) is 0 Å². The van der Waals surface area contributed by atoms with Crippen LogP contribution in [0.3, 0.4) is 0 Å². The molecule has 0 bridgehead atoms. The van der Waals surface area contributed by atoms with Crippen LogP contribution in [0.15, 0.2) is 0 Å². The van der Waals surface area contributed by atoms with Gasteiger partial charge in [-0.25, -0.2) is 0 Å². The molecular formula is AlFeOSi. The first-order chi connectivity index (χ1) is 1.00. The number of hydrogen-bond acceptors (Lipinski definition) is 1. The van der Waals surface area contributed by atoms with E-state index in [2.05, 4.69) is 0 Å². The van der Waals surface area contributed by atoms with E-state index < -0.39 is 0 Å². The van der Waals surface area contributed by atoms with Gasteiger partial charge in [-0.3, -0.25) is 0 Å². The summed E-state index contributed by atoms with van der Waals surface area (Å²) < 4.78 is 8.06. The Labute approximate surface area is 49.2 Å². The van der Waals surface area contributed by atoms with Crippen molar-refractivity contribution in [2.24, 2.45) is 0 Å². The third-order valence-corrected chi connectivity index (χ3v) is 0. The molecule has 0 aromatic heterocycles. The molecule has 0 saturated heterocycles. The van der Waals surface area contributed by atoms with Crippen LogP contribution in [0.5, 0.6) is 0 Å². The summed E-state index contributed by atoms with van der Waals surface area (Å²) in [6.07, 6.45) is 0. The van der Waals surface area contributed by atoms with Gasteiger partial charge in [-0.2, -0.15) is 0 Å². The van der Waals surface area contributed by atoms with E-state index in [0.29, 0.717) is 0 Å². The summed E-state index contributed by atoms with van der Waals surface area (Å²) in [7, 11) is 1.72. The molecule has 0 aliphatic heterocycles. The summed E-state index contributed by atoms with van der Waals surface area (Å²) in [5, 5.41) is 0. The van der Waals surface area contributed by atoms with Crippen LogP contribution in [0.2, 0.25) is 0 Å². The molecule has 1 nitrogen and oxygen atoms in total. The second-order valence-electron chi connectivity index (χ2n) is 0. The Balaban J connectivity index is -0.00000000500. The fourth-order valence-corrected chi connectivity index (χ4v) is 0. The van der Waals surface area contributed by atoms with E-state index in [1.165, 1.54) is 0 Å². The second-order valence-corrected chi connectivity index (χ2v) is 0. The van der Waals surface area contributed by atoms with Crippen molar-refractivity contribution in [1.29, 1.82) is 0 Å². The molecule has 0 saturated carbocycles. The largest absolute Gasteiger partial charge is 0.381 e. The van der Waals surface area contributed by atoms with Crippen LogP contribution in [0.1, 0.15) is 0 Å². The molecule has 0 aliphatic carbocycles. The first-order valence-electron chi connectivity index (χ1n) is 0.204. The van der Waals surface area contributed by atoms with E-state index in [1.54, 1.807) is 10.1 Å². The molecule has 0 N–H and O–H groups in total. The van der Waals surface area contributed by atoms with Crippen LogP contribution in [0, 0.1) is 0 Å². The minimum Gasteiger partial charge on any atom is -0.381 e. The van der Waals surface area contributed by atoms with E-state index >= 15 is 0 Å². The maximum absolute atomic E-state index is 8.06. The van der Waals surface area contributed by atoms with Gasteiger partial charge >= 0.3 is 10.1 Å². The number of rotatable bonds is 0. The van der Waals surface area contributed by atoms with Crippen molar-refractivity contribution in [2.75, 3.05) is 0 Å². The van der Waals surface area contributed by atoms with Crippen LogP contribution in [-0.4, -0.2) is 27.5 Å². The van der Waals surface area contributed by atoms with Gasteiger partial charge in [0.2, 0.25) is 0 Å². The summed E-state index contributed by atoms with van der Waals surface area (Å²) in [6, 6.07) is 0. The Kier molecular flexibility index (Phi) is 164. The van der Waals surface area contributed by atoms with Crippen LogP contribution in [0.4, 0.5) is 0 Å². The molecule has 0 amide bonds. The average molecular weight is 127 g/mol. The molecule has 0 rings (SSSR count). The molecule has 0 spiro atoms. The molecule has 0 aromatic carbocycles. The van der Waals surface area contributed by atoms with Crippen molar-refractivity contribution in [3.05, 3.63) is 0 Å². The van der Waals surface area contributed by atoms with Gasteiger partial charge in [0.15, 0.2) is 0 Å². The Morgan fingerprint density at radius 2 is 1.25 bits per heavy atom. The molecule has 0 aromatic rings. The van der Waals surface area contributed by atoms with Gasteiger partial charge in [0, 0.05) is 34.4 Å². The maximum atomic E-state index is 8.06. The molecule has 4 heavy (non-hydrogen) atoms. The number of hydrogen-bond donors (Lipinski definition) is 0. The summed E-state index contributed by atoms with van der Waals surface area (Å²) in [4.78, 5) is 0. The minimum atomic E-state index is 0. The Bertz CT molecular complexity index is 8.00. The van der Waals surface area contributed by atoms with Crippen LogP contribution < -0.4 is 0 Å². The molecule has 0 fully saturated rings. The maximum Gasteiger partial charge on any atom is 0.381 e. The van der Waals surface area contributed by atoms with Gasteiger partial charge in [0.1, 0.15) is 0 Å². The quantitative estimate of drug-likeness (QED) is 0.386. The molecule has 0 unspecified atom stereocenters. The second kappa shape index (κ2) is 33.5. The van der Waals surface area contributed by atoms with Gasteiger partial charge in [-0.05, 0) is 0 Å². The Morgan fingerprint density at radius 3 is 1.25 bits per heavy atom. The topological polar surface area (TPSA) is 17.1 Å². The van der Waals surface area contributed by atoms with Crippen LogP contribution in [0.25, 0.3) is 0 Å². The zero-order valence-corrected chi connectivity index (χ0v) is 5.10. The fraction of sp³-hybridized carbons (Fsp3) is 0. The van der Waals surface area contributed by atoms with E-state index in [9.17, 15) is 0 Å². The summed E-state index contributed by atoms with van der Waals surface area (Å²) in [6.45, 7) is 0. The van der Waals surface area contributed by atoms with E-state index in [0.717, 1.165) is 0 Å². The third kappa shape index (κ3) is 11.5. The van der Waals surface area contributed by atoms with Crippen molar-refractivity contribution in [2.45, 2.75) is 0 Å². The molecule has 5 radical (unpaired) electrons. The van der Waals surface area contributed by atoms with Crippen LogP contribution in [-0.2, 0) is 21.5 Å². The fourth-order valence-electron chi connectivity index (χ4n) is 0. The molecular weight excluding hydrogens is 127 g/mol. The Morgan fingerprint density at radius 1 is 1.25 bits per heavy atom. The predicted molar refractivity (Wildman–Crippen MR) is 12.2 cm³/mol. The van der Waals surface area contributed by atoms with Gasteiger partial charge in [-0.15, -0.1) is 0 Å². The van der Waals surface area contributed by atoms with Gasteiger partial charge in [0.05, 0.1) is 0 Å². The van der Waals surface area contributed by atoms with Crippen molar-refractivity contribution in [1.82, 2.24) is 0 Å². The first-order valence-corrected chi connectivity index (χ1v) is 0.612. The van der Waals surface area contributed by atoms with E-state index in [-0.39, 0.29) is 34.4 Å². The third-order valence-electron chi connectivity index (χ3n) is 0. The van der Waals surface area contributed by atoms with E-state index in [1.807, 2.05) is 0 Å². The van der Waals surface area contributed by atoms with Gasteiger partial charge < -0.3 is 4.46 Å². The first kappa shape index (κ1) is 19.6. The smallest absolute Gasteiger partial charge is 0.381 e. The van der Waals surface area contributed by atoms with Crippen molar-refractivity contribution >= 4 is 27.5 Å². The van der Waals surface area contributed by atoms with E-state index in [4.69, 9.17) is 4.46 Å². The molecule has 0 heterocycles. The summed E-state index contributed by atoms with van der Waals surface area (Å²) in [5.74, 6) is 0. The molecule has 4 heteroatoms. The average Bonchev–Trinajstić information content (AvgIpc) is 1.00. The summed E-state index contributed by atoms with van der Waals surface area (Å²) in [5.41, 5.74) is 0. The molecule has 0 aliphatic rings. The normalized spacial score (nSPS) is 1.00. The predicted octanol–water partition coefficient (Wildman–Crippen LogP) is -0.883. The van der Waals surface area contributed by atoms with Crippen molar-refractivity contribution < 1.29 is 21.5 Å². The monoisotopic (exact) mass is 127 g/mol. The molecule has 0 atom stereocenters. The molecule has 21 valence electrons. The standard InChI is InChI=1S/Al.Fe.OSi/c;;1-2. The van der Waals surface area contributed by atoms with Gasteiger partial charge in [0.25, 0.3) is 0 Å². The SMILES string of the molecule is O=[Si].[Al].[Fe]. The zero-order valence-electron chi connectivity index (χ0n) is 1.84. The van der Waals surface area contributed by atoms with Crippen LogP contribution >= 0.6 is 0 Å². The zero-order chi connectivity index (χ0) is 2.00. The van der Waals surface area contributed by atoms with Crippen molar-refractivity contribution in [3.63, 3.8) is 0 Å². The summed E-state index contributed by atoms with van der Waals surface area (Å²) >= 11 is 0.